The monoisotopic (exact) mass is 1030 g/mol. The standard InChI is InChI=1S/C68H118O6/c1-4-7-10-13-16-19-22-25-28-31-33-34-36-37-40-43-46-49-52-55-58-61-67(70)73-64-65(63-72-66(69)60-57-54-51-48-45-42-39-30-27-24-21-18-15-12-9-6-3)74-68(71)62-59-56-53-50-47-44-41-38-35-32-29-26-23-20-17-14-11-8-5-2/h8,11,17,20-21,24,26,29-30,35,38-39,44,47,65H,4-7,9-10,12-16,18-19,22-23,25,27-28,31-34,36-37,40-43,45-46,48-64H2,1-3H3/b11-8-,20-17-,24-21-,29-26-,38-35-,39-30-,47-44-. The first-order valence-electron chi connectivity index (χ1n) is 31.6. The average Bonchev–Trinajstić information content (AvgIpc) is 3.40. The molecule has 0 fully saturated rings. The van der Waals surface area contributed by atoms with Crippen molar-refractivity contribution in [2.24, 2.45) is 0 Å². The summed E-state index contributed by atoms with van der Waals surface area (Å²) in [6.07, 6.45) is 81.6. The van der Waals surface area contributed by atoms with E-state index in [2.05, 4.69) is 106 Å². The number of allylic oxidation sites excluding steroid dienone is 14. The maximum Gasteiger partial charge on any atom is 0.306 e. The van der Waals surface area contributed by atoms with Gasteiger partial charge in [-0.05, 0) is 96.3 Å². The van der Waals surface area contributed by atoms with Crippen LogP contribution in [0.15, 0.2) is 85.1 Å². The molecule has 1 atom stereocenters. The van der Waals surface area contributed by atoms with E-state index in [0.29, 0.717) is 12.8 Å². The highest BCUT2D eigenvalue weighted by Gasteiger charge is 2.19. The first-order chi connectivity index (χ1) is 36.5. The SMILES string of the molecule is CC/C=C\C/C=C\C/C=C\C/C=C\C/C=C\CCCCCC(=O)OC(COC(=O)CCCCCCC/C=C\C/C=C\CCCCCC)COC(=O)CCCCCCCCCCCCCCCCCCCCCCC. The van der Waals surface area contributed by atoms with E-state index >= 15 is 0 Å². The molecule has 0 aromatic heterocycles. The molecule has 74 heavy (non-hydrogen) atoms. The number of carbonyl (C=O) groups is 3. The highest BCUT2D eigenvalue weighted by atomic mass is 16.6. The van der Waals surface area contributed by atoms with Crippen molar-refractivity contribution >= 4 is 17.9 Å². The molecule has 0 saturated carbocycles. The van der Waals surface area contributed by atoms with Crippen LogP contribution < -0.4 is 0 Å². The number of carbonyl (C=O) groups excluding carboxylic acids is 3. The minimum Gasteiger partial charge on any atom is -0.462 e. The number of ether oxygens (including phenoxy) is 3. The summed E-state index contributed by atoms with van der Waals surface area (Å²) in [5, 5.41) is 0. The number of hydrogen-bond donors (Lipinski definition) is 0. The van der Waals surface area contributed by atoms with Crippen molar-refractivity contribution < 1.29 is 28.6 Å². The van der Waals surface area contributed by atoms with E-state index < -0.39 is 6.10 Å². The van der Waals surface area contributed by atoms with Crippen molar-refractivity contribution in [2.45, 2.75) is 316 Å². The molecular formula is C68H118O6. The Bertz CT molecular complexity index is 1420. The predicted octanol–water partition coefficient (Wildman–Crippen LogP) is 21.5. The maximum absolute atomic E-state index is 12.9. The lowest BCUT2D eigenvalue weighted by molar-refractivity contribution is -0.167. The van der Waals surface area contributed by atoms with E-state index in [1.54, 1.807) is 0 Å². The van der Waals surface area contributed by atoms with Gasteiger partial charge in [-0.25, -0.2) is 0 Å². The van der Waals surface area contributed by atoms with E-state index in [-0.39, 0.29) is 37.5 Å². The lowest BCUT2D eigenvalue weighted by atomic mass is 10.0. The molecule has 0 radical (unpaired) electrons. The Morgan fingerprint density at radius 1 is 0.284 bits per heavy atom. The number of hydrogen-bond acceptors (Lipinski definition) is 6. The van der Waals surface area contributed by atoms with Crippen LogP contribution >= 0.6 is 0 Å². The first kappa shape index (κ1) is 70.6. The Morgan fingerprint density at radius 3 is 0.851 bits per heavy atom. The van der Waals surface area contributed by atoms with Gasteiger partial charge in [-0.2, -0.15) is 0 Å². The van der Waals surface area contributed by atoms with Gasteiger partial charge >= 0.3 is 17.9 Å². The maximum atomic E-state index is 12.9. The number of unbranched alkanes of at least 4 members (excludes halogenated alkanes) is 32. The fourth-order valence-electron chi connectivity index (χ4n) is 8.91. The lowest BCUT2D eigenvalue weighted by Crippen LogP contribution is -2.30. The average molecular weight is 1030 g/mol. The summed E-state index contributed by atoms with van der Waals surface area (Å²) in [6, 6.07) is 0. The molecule has 426 valence electrons. The number of esters is 3. The zero-order chi connectivity index (χ0) is 53.6. The molecule has 0 aliphatic carbocycles. The van der Waals surface area contributed by atoms with Crippen LogP contribution in [0.3, 0.4) is 0 Å². The molecule has 0 aromatic rings. The van der Waals surface area contributed by atoms with Gasteiger partial charge in [-0.3, -0.25) is 14.4 Å². The van der Waals surface area contributed by atoms with Crippen molar-refractivity contribution in [3.05, 3.63) is 85.1 Å². The highest BCUT2D eigenvalue weighted by Crippen LogP contribution is 2.17. The van der Waals surface area contributed by atoms with Crippen LogP contribution in [0.2, 0.25) is 0 Å². The van der Waals surface area contributed by atoms with E-state index in [1.165, 1.54) is 148 Å². The molecular weight excluding hydrogens is 913 g/mol. The lowest BCUT2D eigenvalue weighted by Gasteiger charge is -2.18. The van der Waals surface area contributed by atoms with Crippen LogP contribution in [0.1, 0.15) is 310 Å². The molecule has 0 amide bonds. The Morgan fingerprint density at radius 2 is 0.527 bits per heavy atom. The van der Waals surface area contributed by atoms with Gasteiger partial charge in [-0.1, -0.05) is 279 Å². The van der Waals surface area contributed by atoms with Gasteiger partial charge in [0.15, 0.2) is 6.10 Å². The van der Waals surface area contributed by atoms with Crippen LogP contribution in [0, 0.1) is 0 Å². The normalized spacial score (nSPS) is 12.6. The zero-order valence-electron chi connectivity index (χ0n) is 48.8. The zero-order valence-corrected chi connectivity index (χ0v) is 48.8. The van der Waals surface area contributed by atoms with Crippen molar-refractivity contribution in [3.8, 4) is 0 Å². The third kappa shape index (κ3) is 59.5. The van der Waals surface area contributed by atoms with Gasteiger partial charge in [-0.15, -0.1) is 0 Å². The largest absolute Gasteiger partial charge is 0.462 e. The fraction of sp³-hybridized carbons (Fsp3) is 0.750. The molecule has 0 heterocycles. The summed E-state index contributed by atoms with van der Waals surface area (Å²) in [4.78, 5) is 38.3. The van der Waals surface area contributed by atoms with Crippen LogP contribution in [0.5, 0.6) is 0 Å². The summed E-state index contributed by atoms with van der Waals surface area (Å²) in [7, 11) is 0. The minimum absolute atomic E-state index is 0.0923. The summed E-state index contributed by atoms with van der Waals surface area (Å²) in [6.45, 7) is 6.51. The Balaban J connectivity index is 4.42. The second kappa shape index (κ2) is 62.1. The van der Waals surface area contributed by atoms with E-state index in [4.69, 9.17) is 14.2 Å². The van der Waals surface area contributed by atoms with E-state index in [9.17, 15) is 14.4 Å². The van der Waals surface area contributed by atoms with Crippen LogP contribution in [0.4, 0.5) is 0 Å². The third-order valence-corrected chi connectivity index (χ3v) is 13.6. The summed E-state index contributed by atoms with van der Waals surface area (Å²) < 4.78 is 16.9. The third-order valence-electron chi connectivity index (χ3n) is 13.6. The van der Waals surface area contributed by atoms with Crippen LogP contribution in [-0.2, 0) is 28.6 Å². The molecule has 0 aliphatic heterocycles. The summed E-state index contributed by atoms with van der Waals surface area (Å²) >= 11 is 0. The van der Waals surface area contributed by atoms with Gasteiger partial charge in [0.2, 0.25) is 0 Å². The minimum atomic E-state index is -0.800. The van der Waals surface area contributed by atoms with Crippen molar-refractivity contribution in [1.29, 1.82) is 0 Å². The molecule has 0 saturated heterocycles. The molecule has 0 bridgehead atoms. The second-order valence-corrected chi connectivity index (χ2v) is 20.9. The smallest absolute Gasteiger partial charge is 0.306 e. The molecule has 0 spiro atoms. The summed E-state index contributed by atoms with van der Waals surface area (Å²) in [5.74, 6) is -0.926. The molecule has 6 nitrogen and oxygen atoms in total. The second-order valence-electron chi connectivity index (χ2n) is 20.9. The Kier molecular flexibility index (Phi) is 59.3. The van der Waals surface area contributed by atoms with Crippen LogP contribution in [0.25, 0.3) is 0 Å². The summed E-state index contributed by atoms with van der Waals surface area (Å²) in [5.41, 5.74) is 0. The van der Waals surface area contributed by atoms with Crippen molar-refractivity contribution in [1.82, 2.24) is 0 Å². The molecule has 0 aromatic carbocycles. The van der Waals surface area contributed by atoms with Crippen molar-refractivity contribution in [2.75, 3.05) is 13.2 Å². The van der Waals surface area contributed by atoms with Gasteiger partial charge < -0.3 is 14.2 Å². The molecule has 0 N–H and O–H groups in total. The first-order valence-corrected chi connectivity index (χ1v) is 31.6. The van der Waals surface area contributed by atoms with Crippen molar-refractivity contribution in [3.63, 3.8) is 0 Å². The van der Waals surface area contributed by atoms with E-state index in [1.807, 2.05) is 0 Å². The van der Waals surface area contributed by atoms with Crippen LogP contribution in [-0.4, -0.2) is 37.2 Å². The molecule has 0 rings (SSSR count). The Hall–Kier alpha value is -3.41. The fourth-order valence-corrected chi connectivity index (χ4v) is 8.91. The van der Waals surface area contributed by atoms with Gasteiger partial charge in [0.1, 0.15) is 13.2 Å². The van der Waals surface area contributed by atoms with Gasteiger partial charge in [0, 0.05) is 19.3 Å². The highest BCUT2D eigenvalue weighted by molar-refractivity contribution is 5.71. The molecule has 0 aliphatic rings. The van der Waals surface area contributed by atoms with E-state index in [0.717, 1.165) is 122 Å². The predicted molar refractivity (Wildman–Crippen MR) is 321 cm³/mol. The van der Waals surface area contributed by atoms with Gasteiger partial charge in [0.25, 0.3) is 0 Å². The number of rotatable bonds is 57. The molecule has 1 unspecified atom stereocenters. The topological polar surface area (TPSA) is 78.9 Å². The quantitative estimate of drug-likeness (QED) is 0.0261. The molecule has 6 heteroatoms. The van der Waals surface area contributed by atoms with Gasteiger partial charge in [0.05, 0.1) is 0 Å². The Labute approximate surface area is 458 Å².